The molecule has 0 saturated carbocycles. The predicted octanol–water partition coefficient (Wildman–Crippen LogP) is 4.55. The predicted molar refractivity (Wildman–Crippen MR) is 137 cm³/mol. The zero-order valence-corrected chi connectivity index (χ0v) is 19.9. The lowest BCUT2D eigenvalue weighted by molar-refractivity contribution is 0.0564. The largest absolute Gasteiger partial charge is 0.378 e. The van der Waals surface area contributed by atoms with Gasteiger partial charge in [0.15, 0.2) is 0 Å². The van der Waals surface area contributed by atoms with Crippen LogP contribution in [0, 0.1) is 0 Å². The van der Waals surface area contributed by atoms with Crippen LogP contribution in [0.3, 0.4) is 0 Å². The molecule has 0 spiro atoms. The van der Waals surface area contributed by atoms with Crippen molar-refractivity contribution >= 4 is 34.2 Å². The van der Waals surface area contributed by atoms with E-state index in [4.69, 9.17) is 21.3 Å². The molecule has 1 N–H and O–H groups in total. The summed E-state index contributed by atoms with van der Waals surface area (Å²) in [5.74, 6) is 0.666. The van der Waals surface area contributed by atoms with Crippen molar-refractivity contribution in [2.45, 2.75) is 13.0 Å². The number of hydrogen-bond donors (Lipinski definition) is 1. The first-order valence-electron chi connectivity index (χ1n) is 11.5. The van der Waals surface area contributed by atoms with Gasteiger partial charge in [0.2, 0.25) is 0 Å². The van der Waals surface area contributed by atoms with Crippen LogP contribution in [0.25, 0.3) is 10.9 Å². The number of benzene rings is 3. The minimum absolute atomic E-state index is 0.164. The van der Waals surface area contributed by atoms with Crippen LogP contribution in [0.15, 0.2) is 77.6 Å². The van der Waals surface area contributed by atoms with Gasteiger partial charge in [-0.3, -0.25) is 9.36 Å². The number of morpholine rings is 1. The summed E-state index contributed by atoms with van der Waals surface area (Å²) >= 11 is 6.19. The summed E-state index contributed by atoms with van der Waals surface area (Å²) in [5, 5.41) is 3.96. The van der Waals surface area contributed by atoms with Crippen LogP contribution >= 0.6 is 11.6 Å². The van der Waals surface area contributed by atoms with Gasteiger partial charge in [0, 0.05) is 30.2 Å². The third-order valence-corrected chi connectivity index (χ3v) is 6.25. The highest BCUT2D eigenvalue weighted by atomic mass is 35.5. The molecule has 8 heteroatoms. The number of nitrogens with one attached hydrogen (secondary N) is 1. The van der Waals surface area contributed by atoms with Crippen molar-refractivity contribution in [3.63, 3.8) is 0 Å². The molecule has 5 rings (SSSR count). The van der Waals surface area contributed by atoms with Crippen molar-refractivity contribution in [1.29, 1.82) is 0 Å². The molecule has 0 atom stereocenters. The van der Waals surface area contributed by atoms with E-state index in [-0.39, 0.29) is 11.6 Å². The van der Waals surface area contributed by atoms with Gasteiger partial charge >= 0.3 is 6.03 Å². The highest BCUT2D eigenvalue weighted by molar-refractivity contribution is 6.30. The fourth-order valence-corrected chi connectivity index (χ4v) is 4.42. The molecule has 1 fully saturated rings. The molecule has 2 amide bonds. The van der Waals surface area contributed by atoms with Crippen LogP contribution in [-0.2, 0) is 17.7 Å². The maximum Gasteiger partial charge on any atom is 0.321 e. The molecule has 3 aromatic carbocycles. The van der Waals surface area contributed by atoms with Crippen LogP contribution in [0.1, 0.15) is 17.0 Å². The van der Waals surface area contributed by atoms with Crippen molar-refractivity contribution in [2.24, 2.45) is 0 Å². The van der Waals surface area contributed by atoms with Crippen molar-refractivity contribution in [1.82, 2.24) is 14.5 Å². The number of anilines is 1. The topological polar surface area (TPSA) is 76.5 Å². The highest BCUT2D eigenvalue weighted by Gasteiger charge is 2.18. The summed E-state index contributed by atoms with van der Waals surface area (Å²) in [6.07, 6.45) is 0.516. The van der Waals surface area contributed by atoms with Gasteiger partial charge in [-0.15, -0.1) is 0 Å². The Kier molecular flexibility index (Phi) is 6.79. The quantitative estimate of drug-likeness (QED) is 0.447. The number of nitrogens with zero attached hydrogens (tertiary/aromatic N) is 3. The first-order chi connectivity index (χ1) is 17.1. The fraction of sp³-hybridized carbons (Fsp3) is 0.222. The Morgan fingerprint density at radius 2 is 1.74 bits per heavy atom. The van der Waals surface area contributed by atoms with E-state index < -0.39 is 0 Å². The summed E-state index contributed by atoms with van der Waals surface area (Å²) in [4.78, 5) is 32.9. The van der Waals surface area contributed by atoms with E-state index in [0.717, 1.165) is 11.1 Å². The number of urea groups is 1. The third kappa shape index (κ3) is 5.37. The van der Waals surface area contributed by atoms with E-state index in [1.165, 1.54) is 0 Å². The SMILES string of the molecule is O=C(Nc1ccc2nc(Cc3ccccc3)n(Cc3cccc(Cl)c3)c(=O)c2c1)N1CCOCC1. The maximum absolute atomic E-state index is 13.7. The Hall–Kier alpha value is -3.68. The van der Waals surface area contributed by atoms with Gasteiger partial charge in [-0.25, -0.2) is 9.78 Å². The molecule has 178 valence electrons. The van der Waals surface area contributed by atoms with Gasteiger partial charge in [0.05, 0.1) is 30.7 Å². The lowest BCUT2D eigenvalue weighted by atomic mass is 10.1. The summed E-state index contributed by atoms with van der Waals surface area (Å²) in [5.41, 5.74) is 2.95. The van der Waals surface area contributed by atoms with Crippen LogP contribution in [0.5, 0.6) is 0 Å². The third-order valence-electron chi connectivity index (χ3n) is 6.02. The molecule has 0 unspecified atom stereocenters. The van der Waals surface area contributed by atoms with E-state index in [0.29, 0.717) is 66.7 Å². The lowest BCUT2D eigenvalue weighted by Gasteiger charge is -2.27. The Morgan fingerprint density at radius 3 is 2.51 bits per heavy atom. The van der Waals surface area contributed by atoms with Crippen LogP contribution in [0.4, 0.5) is 10.5 Å². The molecule has 35 heavy (non-hydrogen) atoms. The zero-order valence-electron chi connectivity index (χ0n) is 19.1. The van der Waals surface area contributed by atoms with Gasteiger partial charge < -0.3 is 15.0 Å². The van der Waals surface area contributed by atoms with Crippen molar-refractivity contribution in [2.75, 3.05) is 31.6 Å². The van der Waals surface area contributed by atoms with Crippen LogP contribution in [-0.4, -0.2) is 46.8 Å². The second-order valence-electron chi connectivity index (χ2n) is 8.47. The molecule has 0 aliphatic carbocycles. The number of ether oxygens (including phenoxy) is 1. The number of carbonyl (C=O) groups is 1. The normalized spacial score (nSPS) is 13.7. The molecule has 1 aromatic heterocycles. The standard InChI is InChI=1S/C27H25ClN4O3/c28-21-8-4-7-20(15-21)18-32-25(16-19-5-2-1-3-6-19)30-24-10-9-22(17-23(24)26(32)33)29-27(34)31-11-13-35-14-12-31/h1-10,15,17H,11-14,16,18H2,(H,29,34). The van der Waals surface area contributed by atoms with E-state index >= 15 is 0 Å². The highest BCUT2D eigenvalue weighted by Crippen LogP contribution is 2.19. The number of fused-ring (bicyclic) bond motifs is 1. The Balaban J connectivity index is 1.53. The van der Waals surface area contributed by atoms with E-state index in [1.807, 2.05) is 48.5 Å². The smallest absolute Gasteiger partial charge is 0.321 e. The molecule has 1 aliphatic rings. The lowest BCUT2D eigenvalue weighted by Crippen LogP contribution is -2.43. The van der Waals surface area contributed by atoms with Crippen molar-refractivity contribution in [3.8, 4) is 0 Å². The molecule has 2 heterocycles. The number of rotatable bonds is 5. The molecule has 0 radical (unpaired) electrons. The molecular weight excluding hydrogens is 464 g/mol. The molecule has 0 bridgehead atoms. The van der Waals surface area contributed by atoms with Crippen molar-refractivity contribution in [3.05, 3.63) is 105 Å². The van der Waals surface area contributed by atoms with Gasteiger partial charge in [-0.1, -0.05) is 54.1 Å². The van der Waals surface area contributed by atoms with Gasteiger partial charge in [-0.2, -0.15) is 0 Å². The van der Waals surface area contributed by atoms with Crippen molar-refractivity contribution < 1.29 is 9.53 Å². The second kappa shape index (κ2) is 10.3. The average molecular weight is 489 g/mol. The molecular formula is C27H25ClN4O3. The summed E-state index contributed by atoms with van der Waals surface area (Å²) < 4.78 is 7.00. The molecule has 4 aromatic rings. The number of halogens is 1. The number of hydrogen-bond acceptors (Lipinski definition) is 4. The minimum Gasteiger partial charge on any atom is -0.378 e. The number of amides is 2. The first kappa shape index (κ1) is 23.1. The van der Waals surface area contributed by atoms with Gasteiger partial charge in [-0.05, 0) is 41.5 Å². The Bertz CT molecular complexity index is 1420. The molecule has 1 aliphatic heterocycles. The monoisotopic (exact) mass is 488 g/mol. The summed E-state index contributed by atoms with van der Waals surface area (Å²) in [6.45, 7) is 2.46. The Morgan fingerprint density at radius 1 is 0.971 bits per heavy atom. The van der Waals surface area contributed by atoms with Gasteiger partial charge in [0.1, 0.15) is 5.82 Å². The number of aromatic nitrogens is 2. The second-order valence-corrected chi connectivity index (χ2v) is 8.91. The number of carbonyl (C=O) groups excluding carboxylic acids is 1. The summed E-state index contributed by atoms with van der Waals surface area (Å²) in [7, 11) is 0. The van der Waals surface area contributed by atoms with Gasteiger partial charge in [0.25, 0.3) is 5.56 Å². The van der Waals surface area contributed by atoms with Crippen LogP contribution < -0.4 is 10.9 Å². The average Bonchev–Trinajstić information content (AvgIpc) is 2.88. The summed E-state index contributed by atoms with van der Waals surface area (Å²) in [6, 6.07) is 22.5. The van der Waals surface area contributed by atoms with Crippen LogP contribution in [0.2, 0.25) is 5.02 Å². The van der Waals surface area contributed by atoms with E-state index in [1.54, 1.807) is 33.7 Å². The Labute approximate surface area is 207 Å². The maximum atomic E-state index is 13.7. The first-order valence-corrected chi connectivity index (χ1v) is 11.9. The van der Waals surface area contributed by atoms with E-state index in [9.17, 15) is 9.59 Å². The van der Waals surface area contributed by atoms with E-state index in [2.05, 4.69) is 5.32 Å². The molecule has 7 nitrogen and oxygen atoms in total. The fourth-order valence-electron chi connectivity index (χ4n) is 4.21. The zero-order chi connectivity index (χ0) is 24.2. The minimum atomic E-state index is -0.208. The molecule has 1 saturated heterocycles.